The summed E-state index contributed by atoms with van der Waals surface area (Å²) < 4.78 is 7.54. The van der Waals surface area contributed by atoms with Crippen molar-refractivity contribution in [2.75, 3.05) is 27.7 Å². The van der Waals surface area contributed by atoms with Gasteiger partial charge in [-0.05, 0) is 25.7 Å². The number of hydrogen-bond acceptors (Lipinski definition) is 3. The molecular weight excluding hydrogens is 226 g/mol. The predicted molar refractivity (Wildman–Crippen MR) is 75.0 cm³/mol. The van der Waals surface area contributed by atoms with E-state index in [2.05, 4.69) is 35.8 Å². The largest absolute Gasteiger partial charge is 0.495 e. The normalized spacial score (nSPS) is 13.2. The number of benzene rings is 1. The Balaban J connectivity index is 2.67. The van der Waals surface area contributed by atoms with Gasteiger partial charge in [0.25, 0.3) is 0 Å². The Morgan fingerprint density at radius 2 is 2.11 bits per heavy atom. The molecule has 2 rings (SSSR count). The average molecular weight is 247 g/mol. The number of ether oxygens (including phenoxy) is 1. The molecule has 0 bridgehead atoms. The standard InChI is InChI=1S/C14H21N3O/c1-16(2)12(8-15)11-9-17(3)14-10(11)6-5-7-13(14)18-4/h5-7,9,12H,8,15H2,1-4H3. The molecule has 18 heavy (non-hydrogen) atoms. The van der Waals surface area contributed by atoms with E-state index in [9.17, 15) is 0 Å². The molecule has 1 aromatic heterocycles. The van der Waals surface area contributed by atoms with E-state index in [1.54, 1.807) is 7.11 Å². The number of para-hydroxylation sites is 1. The Kier molecular flexibility index (Phi) is 3.59. The maximum atomic E-state index is 5.89. The van der Waals surface area contributed by atoms with Crippen LogP contribution in [0.1, 0.15) is 11.6 Å². The van der Waals surface area contributed by atoms with E-state index < -0.39 is 0 Å². The lowest BCUT2D eigenvalue weighted by atomic mass is 10.0. The number of likely N-dealkylation sites (N-methyl/N-ethyl adjacent to an activating group) is 1. The molecule has 2 N–H and O–H groups in total. The van der Waals surface area contributed by atoms with Crippen LogP contribution < -0.4 is 10.5 Å². The van der Waals surface area contributed by atoms with E-state index in [4.69, 9.17) is 10.5 Å². The van der Waals surface area contributed by atoms with Gasteiger partial charge in [0.15, 0.2) is 0 Å². The summed E-state index contributed by atoms with van der Waals surface area (Å²) in [6, 6.07) is 6.35. The highest BCUT2D eigenvalue weighted by Gasteiger charge is 2.19. The fourth-order valence-corrected chi connectivity index (χ4v) is 2.51. The van der Waals surface area contributed by atoms with Crippen LogP contribution in [-0.2, 0) is 7.05 Å². The highest BCUT2D eigenvalue weighted by Crippen LogP contribution is 2.33. The number of aryl methyl sites for hydroxylation is 1. The SMILES string of the molecule is COc1cccc2c(C(CN)N(C)C)cn(C)c12. The van der Waals surface area contributed by atoms with E-state index >= 15 is 0 Å². The summed E-state index contributed by atoms with van der Waals surface area (Å²) in [7, 11) is 7.85. The summed E-state index contributed by atoms with van der Waals surface area (Å²) >= 11 is 0. The van der Waals surface area contributed by atoms with Crippen LogP contribution in [0.15, 0.2) is 24.4 Å². The molecule has 4 nitrogen and oxygen atoms in total. The third-order valence-electron chi connectivity index (χ3n) is 3.42. The van der Waals surface area contributed by atoms with E-state index in [-0.39, 0.29) is 6.04 Å². The molecule has 0 saturated carbocycles. The molecule has 0 fully saturated rings. The van der Waals surface area contributed by atoms with Gasteiger partial charge in [-0.25, -0.2) is 0 Å². The Bertz CT molecular complexity index is 545. The lowest BCUT2D eigenvalue weighted by Crippen LogP contribution is -2.26. The summed E-state index contributed by atoms with van der Waals surface area (Å²) in [5.41, 5.74) is 8.26. The topological polar surface area (TPSA) is 43.4 Å². The molecule has 98 valence electrons. The zero-order valence-electron chi connectivity index (χ0n) is 11.5. The Hall–Kier alpha value is -1.52. The van der Waals surface area contributed by atoms with E-state index in [0.29, 0.717) is 6.54 Å². The molecular formula is C14H21N3O. The second-order valence-electron chi connectivity index (χ2n) is 4.77. The van der Waals surface area contributed by atoms with Crippen molar-refractivity contribution < 1.29 is 4.74 Å². The molecule has 0 radical (unpaired) electrons. The van der Waals surface area contributed by atoms with Crippen molar-refractivity contribution in [3.8, 4) is 5.75 Å². The van der Waals surface area contributed by atoms with Crippen LogP contribution in [0.4, 0.5) is 0 Å². The van der Waals surface area contributed by atoms with E-state index in [1.165, 1.54) is 10.9 Å². The minimum Gasteiger partial charge on any atom is -0.495 e. The molecule has 0 aliphatic heterocycles. The summed E-state index contributed by atoms with van der Waals surface area (Å²) in [6.45, 7) is 0.601. The predicted octanol–water partition coefficient (Wildman–Crippen LogP) is 1.75. The van der Waals surface area contributed by atoms with Crippen LogP contribution in [0, 0.1) is 0 Å². The van der Waals surface area contributed by atoms with E-state index in [1.807, 2.05) is 19.2 Å². The van der Waals surface area contributed by atoms with Crippen molar-refractivity contribution in [2.24, 2.45) is 12.8 Å². The van der Waals surface area contributed by atoms with Crippen molar-refractivity contribution in [3.63, 3.8) is 0 Å². The van der Waals surface area contributed by atoms with Gasteiger partial charge in [0.2, 0.25) is 0 Å². The number of nitrogens with two attached hydrogens (primary N) is 1. The lowest BCUT2D eigenvalue weighted by Gasteiger charge is -2.22. The number of methoxy groups -OCH3 is 1. The van der Waals surface area contributed by atoms with Crippen molar-refractivity contribution in [1.82, 2.24) is 9.47 Å². The zero-order chi connectivity index (χ0) is 13.3. The van der Waals surface area contributed by atoms with Crippen LogP contribution in [0.3, 0.4) is 0 Å². The first-order valence-corrected chi connectivity index (χ1v) is 6.08. The van der Waals surface area contributed by atoms with Crippen LogP contribution in [0.25, 0.3) is 10.9 Å². The molecule has 0 aliphatic carbocycles. The monoisotopic (exact) mass is 247 g/mol. The fourth-order valence-electron chi connectivity index (χ4n) is 2.51. The Morgan fingerprint density at radius 3 is 2.67 bits per heavy atom. The second kappa shape index (κ2) is 5.00. The van der Waals surface area contributed by atoms with Gasteiger partial charge in [0, 0.05) is 31.2 Å². The molecule has 0 saturated heterocycles. The quantitative estimate of drug-likeness (QED) is 0.895. The zero-order valence-corrected chi connectivity index (χ0v) is 11.5. The highest BCUT2D eigenvalue weighted by atomic mass is 16.5. The smallest absolute Gasteiger partial charge is 0.143 e. The van der Waals surface area contributed by atoms with Gasteiger partial charge < -0.3 is 19.9 Å². The molecule has 1 heterocycles. The third-order valence-corrected chi connectivity index (χ3v) is 3.42. The molecule has 0 amide bonds. The van der Waals surface area contributed by atoms with Gasteiger partial charge in [-0.15, -0.1) is 0 Å². The van der Waals surface area contributed by atoms with Crippen molar-refractivity contribution in [2.45, 2.75) is 6.04 Å². The molecule has 4 heteroatoms. The first-order chi connectivity index (χ1) is 8.60. The van der Waals surface area contributed by atoms with Crippen LogP contribution in [-0.4, -0.2) is 37.2 Å². The van der Waals surface area contributed by atoms with Crippen LogP contribution >= 0.6 is 0 Å². The molecule has 1 atom stereocenters. The van der Waals surface area contributed by atoms with Gasteiger partial charge >= 0.3 is 0 Å². The summed E-state index contributed by atoms with van der Waals surface area (Å²) in [4.78, 5) is 2.15. The number of hydrogen-bond donors (Lipinski definition) is 1. The molecule has 0 spiro atoms. The third kappa shape index (κ3) is 1.98. The summed E-state index contributed by atoms with van der Waals surface area (Å²) in [6.07, 6.45) is 2.14. The number of rotatable bonds is 4. The molecule has 0 aliphatic rings. The summed E-state index contributed by atoms with van der Waals surface area (Å²) in [5, 5.41) is 1.21. The van der Waals surface area contributed by atoms with E-state index in [0.717, 1.165) is 11.3 Å². The molecule has 1 unspecified atom stereocenters. The second-order valence-corrected chi connectivity index (χ2v) is 4.77. The molecule has 1 aromatic carbocycles. The van der Waals surface area contributed by atoms with Crippen LogP contribution in [0.5, 0.6) is 5.75 Å². The lowest BCUT2D eigenvalue weighted by molar-refractivity contribution is 0.307. The van der Waals surface area contributed by atoms with Gasteiger partial charge in [-0.1, -0.05) is 12.1 Å². The van der Waals surface area contributed by atoms with Crippen molar-refractivity contribution in [1.29, 1.82) is 0 Å². The van der Waals surface area contributed by atoms with Crippen molar-refractivity contribution >= 4 is 10.9 Å². The number of aromatic nitrogens is 1. The number of fused-ring (bicyclic) bond motifs is 1. The van der Waals surface area contributed by atoms with Gasteiger partial charge in [0.05, 0.1) is 12.6 Å². The first kappa shape index (κ1) is 12.9. The first-order valence-electron chi connectivity index (χ1n) is 6.08. The van der Waals surface area contributed by atoms with Gasteiger partial charge in [-0.2, -0.15) is 0 Å². The maximum absolute atomic E-state index is 5.89. The fraction of sp³-hybridized carbons (Fsp3) is 0.429. The minimum absolute atomic E-state index is 0.223. The Morgan fingerprint density at radius 1 is 1.39 bits per heavy atom. The highest BCUT2D eigenvalue weighted by molar-refractivity contribution is 5.89. The molecule has 2 aromatic rings. The van der Waals surface area contributed by atoms with Crippen LogP contribution in [0.2, 0.25) is 0 Å². The average Bonchev–Trinajstić information content (AvgIpc) is 2.68. The maximum Gasteiger partial charge on any atom is 0.143 e. The minimum atomic E-state index is 0.223. The summed E-state index contributed by atoms with van der Waals surface area (Å²) in [5.74, 6) is 0.899. The van der Waals surface area contributed by atoms with Crippen molar-refractivity contribution in [3.05, 3.63) is 30.0 Å². The van der Waals surface area contributed by atoms with Gasteiger partial charge in [0.1, 0.15) is 5.75 Å². The van der Waals surface area contributed by atoms with Gasteiger partial charge in [-0.3, -0.25) is 0 Å². The Labute approximate surface area is 108 Å². The number of nitrogens with zero attached hydrogens (tertiary/aromatic N) is 2.